The van der Waals surface area contributed by atoms with E-state index in [0.717, 1.165) is 20.3 Å². The van der Waals surface area contributed by atoms with Crippen LogP contribution in [0.2, 0.25) is 0 Å². The molecule has 0 unspecified atom stereocenters. The van der Waals surface area contributed by atoms with Crippen molar-refractivity contribution in [2.24, 2.45) is 0 Å². The second-order valence-electron chi connectivity index (χ2n) is 15.4. The van der Waals surface area contributed by atoms with Crippen molar-refractivity contribution in [3.8, 4) is 34.1 Å². The molecule has 2 N–H and O–H groups in total. The van der Waals surface area contributed by atoms with E-state index in [2.05, 4.69) is 9.44 Å². The molecule has 0 saturated heterocycles. The number of furan rings is 1. The van der Waals surface area contributed by atoms with Gasteiger partial charge in [0.2, 0.25) is 0 Å². The van der Waals surface area contributed by atoms with Crippen LogP contribution in [0.3, 0.4) is 0 Å². The van der Waals surface area contributed by atoms with Crippen LogP contribution in [0.4, 0.5) is 11.4 Å². The molecule has 6 aromatic carbocycles. The summed E-state index contributed by atoms with van der Waals surface area (Å²) in [6, 6.07) is 37.7. The number of nitrogens with zero attached hydrogens (tertiary/aromatic N) is 2. The summed E-state index contributed by atoms with van der Waals surface area (Å²) in [6.07, 6.45) is 2.20. The van der Waals surface area contributed by atoms with Crippen LogP contribution in [0.5, 0.6) is 11.5 Å². The molecule has 0 atom stereocenters. The van der Waals surface area contributed by atoms with E-state index in [4.69, 9.17) is 13.9 Å². The summed E-state index contributed by atoms with van der Waals surface area (Å²) in [5.74, 6) is 1.90. The van der Waals surface area contributed by atoms with Gasteiger partial charge in [-0.3, -0.25) is 9.44 Å². The number of hydrogen-bond acceptors (Lipinski definition) is 11. The third-order valence-electron chi connectivity index (χ3n) is 11.2. The second kappa shape index (κ2) is 16.8. The average Bonchev–Trinajstić information content (AvgIpc) is 4.07. The Morgan fingerprint density at radius 3 is 1.19 bits per heavy atom. The minimum atomic E-state index is -4.31. The van der Waals surface area contributed by atoms with E-state index in [-0.39, 0.29) is 52.8 Å². The Bertz CT molecular complexity index is 3610. The average molecular weight is 977 g/mol. The molecule has 0 aliphatic heterocycles. The van der Waals surface area contributed by atoms with Crippen molar-refractivity contribution in [3.63, 3.8) is 0 Å². The van der Waals surface area contributed by atoms with Gasteiger partial charge < -0.3 is 13.9 Å². The second-order valence-corrected chi connectivity index (χ2v) is 22.3. The highest BCUT2D eigenvalue weighted by atomic mass is 32.2. The maximum Gasteiger partial charge on any atom is 0.268 e. The molecule has 9 aromatic rings. The van der Waals surface area contributed by atoms with E-state index in [1.807, 2.05) is 0 Å². The number of para-hydroxylation sites is 2. The lowest BCUT2D eigenvalue weighted by molar-refractivity contribution is 0.414. The minimum Gasteiger partial charge on any atom is -0.497 e. The number of hydrogen-bond donors (Lipinski definition) is 2. The number of sulfonamides is 2. The van der Waals surface area contributed by atoms with Gasteiger partial charge in [-0.1, -0.05) is 36.4 Å². The first-order chi connectivity index (χ1) is 31.9. The van der Waals surface area contributed by atoms with E-state index in [9.17, 15) is 33.7 Å². The molecule has 342 valence electrons. The molecule has 0 amide bonds. The molecule has 19 heteroatoms. The van der Waals surface area contributed by atoms with Gasteiger partial charge in [0.1, 0.15) is 32.8 Å². The number of nitrogens with one attached hydrogen (secondary N) is 2. The zero-order chi connectivity index (χ0) is 47.5. The predicted octanol–water partition coefficient (Wildman–Crippen LogP) is 9.23. The third-order valence-corrected chi connectivity index (χ3v) is 17.4. The quantitative estimate of drug-likeness (QED) is 0.105. The topological polar surface area (TPSA) is 202 Å². The Morgan fingerprint density at radius 2 is 0.836 bits per heavy atom. The van der Waals surface area contributed by atoms with Crippen LogP contribution in [0.1, 0.15) is 11.1 Å². The third kappa shape index (κ3) is 8.19. The maximum absolute atomic E-state index is 13.9. The van der Waals surface area contributed by atoms with Crippen LogP contribution in [0.25, 0.3) is 44.5 Å². The SMILES string of the molecule is COc1ccc(S(=O)(=O)n2cc(S(=O)(=O)Nc3ccc(-c4ccc(-c5ccc(NS(=O)(=O)c6cn(S(=O)(=O)c7ccc(OC)cc7)c7ccccc67)cc5C)o4)c(C)c3)c3ccccc32)cc1. The highest BCUT2D eigenvalue weighted by molar-refractivity contribution is 7.93. The standard InChI is InChI=1S/C48H40N4O11S4/c1-31-27-33(49-64(53,54)47-29-51(43-11-7-5-9-41(43)47)66(57,58)37-19-15-35(61-3)16-20-37)13-23-39(31)45-25-26-46(63-45)40-24-14-34(28-32(40)2)50-65(55,56)48-30-52(44-12-8-6-10-42(44)48)67(59,60)38-21-17-36(62-4)18-22-38/h5-30,49-50H,1-4H3. The minimum absolute atomic E-state index is 0.0468. The molecular weight excluding hydrogens is 937 g/mol. The molecule has 0 spiro atoms. The number of ether oxygens (including phenoxy) is 2. The van der Waals surface area contributed by atoms with E-state index >= 15 is 0 Å². The Hall–Kier alpha value is -7.32. The largest absolute Gasteiger partial charge is 0.497 e. The van der Waals surface area contributed by atoms with E-state index in [1.165, 1.54) is 74.9 Å². The van der Waals surface area contributed by atoms with Gasteiger partial charge in [-0.25, -0.2) is 41.6 Å². The number of rotatable bonds is 14. The molecule has 3 heterocycles. The van der Waals surface area contributed by atoms with Crippen molar-refractivity contribution in [2.75, 3.05) is 23.7 Å². The zero-order valence-electron chi connectivity index (χ0n) is 36.0. The molecule has 0 radical (unpaired) electrons. The van der Waals surface area contributed by atoms with E-state index < -0.39 is 40.1 Å². The number of aromatic nitrogens is 2. The normalized spacial score (nSPS) is 12.4. The first-order valence-electron chi connectivity index (χ1n) is 20.3. The van der Waals surface area contributed by atoms with Crippen LogP contribution in [-0.2, 0) is 40.1 Å². The number of fused-ring (bicyclic) bond motifs is 2. The van der Waals surface area contributed by atoms with Crippen molar-refractivity contribution < 1.29 is 47.6 Å². The van der Waals surface area contributed by atoms with Crippen molar-refractivity contribution in [1.29, 1.82) is 0 Å². The zero-order valence-corrected chi connectivity index (χ0v) is 39.3. The van der Waals surface area contributed by atoms with Crippen molar-refractivity contribution >= 4 is 73.3 Å². The van der Waals surface area contributed by atoms with E-state index in [0.29, 0.717) is 45.3 Å². The van der Waals surface area contributed by atoms with Gasteiger partial charge in [0.25, 0.3) is 40.1 Å². The van der Waals surface area contributed by atoms with Gasteiger partial charge in [0, 0.05) is 45.7 Å². The summed E-state index contributed by atoms with van der Waals surface area (Å²) in [4.78, 5) is -0.546. The monoisotopic (exact) mass is 976 g/mol. The number of methoxy groups -OCH3 is 2. The fraction of sp³-hybridized carbons (Fsp3) is 0.0833. The van der Waals surface area contributed by atoms with Crippen LogP contribution in [0.15, 0.2) is 182 Å². The summed E-state index contributed by atoms with van der Waals surface area (Å²) in [5.41, 5.74) is 3.53. The molecule has 15 nitrogen and oxygen atoms in total. The molecule has 0 aliphatic rings. The summed E-state index contributed by atoms with van der Waals surface area (Å²) >= 11 is 0. The molecule has 0 fully saturated rings. The van der Waals surface area contributed by atoms with Gasteiger partial charge >= 0.3 is 0 Å². The van der Waals surface area contributed by atoms with Gasteiger partial charge in [-0.05, 0) is 134 Å². The predicted molar refractivity (Wildman–Crippen MR) is 256 cm³/mol. The Balaban J connectivity index is 0.938. The van der Waals surface area contributed by atoms with Gasteiger partial charge in [0.15, 0.2) is 0 Å². The fourth-order valence-electron chi connectivity index (χ4n) is 7.84. The molecule has 0 aliphatic carbocycles. The highest BCUT2D eigenvalue weighted by Gasteiger charge is 2.29. The molecule has 67 heavy (non-hydrogen) atoms. The van der Waals surface area contributed by atoms with Crippen LogP contribution < -0.4 is 18.9 Å². The summed E-state index contributed by atoms with van der Waals surface area (Å²) in [6.45, 7) is 3.58. The lowest BCUT2D eigenvalue weighted by Crippen LogP contribution is -2.14. The van der Waals surface area contributed by atoms with Crippen molar-refractivity contribution in [3.05, 3.63) is 169 Å². The molecule has 3 aromatic heterocycles. The summed E-state index contributed by atoms with van der Waals surface area (Å²) < 4.78 is 134. The number of anilines is 2. The molecule has 9 rings (SSSR count). The van der Waals surface area contributed by atoms with Crippen LogP contribution in [-0.4, -0.2) is 55.8 Å². The number of aryl methyl sites for hydroxylation is 2. The highest BCUT2D eigenvalue weighted by Crippen LogP contribution is 2.37. The van der Waals surface area contributed by atoms with Crippen LogP contribution >= 0.6 is 0 Å². The van der Waals surface area contributed by atoms with Crippen LogP contribution in [0, 0.1) is 13.8 Å². The van der Waals surface area contributed by atoms with Crippen molar-refractivity contribution in [2.45, 2.75) is 33.4 Å². The lowest BCUT2D eigenvalue weighted by atomic mass is 10.1. The Morgan fingerprint density at radius 1 is 0.463 bits per heavy atom. The first kappa shape index (κ1) is 44.9. The van der Waals surface area contributed by atoms with Gasteiger partial charge in [-0.15, -0.1) is 0 Å². The van der Waals surface area contributed by atoms with Gasteiger partial charge in [0.05, 0.1) is 35.0 Å². The maximum atomic E-state index is 13.9. The fourth-order valence-corrected chi connectivity index (χ4v) is 13.2. The molecule has 0 bridgehead atoms. The summed E-state index contributed by atoms with van der Waals surface area (Å²) in [5, 5.41) is 0.429. The first-order valence-corrected chi connectivity index (χ1v) is 26.1. The molecule has 0 saturated carbocycles. The molecular formula is C48H40N4O11S4. The number of benzene rings is 6. The lowest BCUT2D eigenvalue weighted by Gasteiger charge is -2.11. The van der Waals surface area contributed by atoms with Crippen molar-refractivity contribution in [1.82, 2.24) is 7.94 Å². The summed E-state index contributed by atoms with van der Waals surface area (Å²) in [7, 11) is -14.1. The smallest absolute Gasteiger partial charge is 0.268 e. The van der Waals surface area contributed by atoms with E-state index in [1.54, 1.807) is 98.8 Å². The Kier molecular flexibility index (Phi) is 11.3. The Labute approximate surface area is 387 Å². The van der Waals surface area contributed by atoms with Gasteiger partial charge in [-0.2, -0.15) is 0 Å².